The number of likely N-dealkylation sites (tertiary alicyclic amines) is 1. The van der Waals surface area contributed by atoms with Crippen molar-refractivity contribution < 1.29 is 19.1 Å². The summed E-state index contributed by atoms with van der Waals surface area (Å²) in [5.41, 5.74) is 0.842. The molecule has 1 aliphatic heterocycles. The number of Topliss-reactive ketones (excluding diaryl/α,β-unsaturated/α-hetero) is 1. The summed E-state index contributed by atoms with van der Waals surface area (Å²) in [6, 6.07) is 9.03. The van der Waals surface area contributed by atoms with E-state index in [1.807, 2.05) is 69.9 Å². The molecule has 0 saturated carbocycles. The fraction of sp³-hybridized carbons (Fsp3) is 0.654. The number of carbonyl (C=O) groups excluding carboxylic acids is 3. The largest absolute Gasteiger partial charge is 0.378 e. The molecular weight excluding hydrogens is 404 g/mol. The lowest BCUT2D eigenvalue weighted by Gasteiger charge is -2.34. The fourth-order valence-corrected chi connectivity index (χ4v) is 4.53. The van der Waals surface area contributed by atoms with E-state index in [2.05, 4.69) is 5.32 Å². The van der Waals surface area contributed by atoms with Crippen molar-refractivity contribution in [1.82, 2.24) is 10.2 Å². The first-order valence-electron chi connectivity index (χ1n) is 11.8. The van der Waals surface area contributed by atoms with Gasteiger partial charge >= 0.3 is 0 Å². The summed E-state index contributed by atoms with van der Waals surface area (Å²) < 4.78 is 5.74. The van der Waals surface area contributed by atoms with Crippen LogP contribution in [-0.2, 0) is 25.5 Å². The number of carbonyl (C=O) groups is 3. The summed E-state index contributed by atoms with van der Waals surface area (Å²) in [4.78, 5) is 40.6. The van der Waals surface area contributed by atoms with Gasteiger partial charge in [-0.15, -0.1) is 0 Å². The minimum Gasteiger partial charge on any atom is -0.378 e. The molecule has 178 valence electrons. The van der Waals surface area contributed by atoms with Gasteiger partial charge < -0.3 is 15.0 Å². The van der Waals surface area contributed by atoms with Crippen LogP contribution in [0, 0.1) is 11.3 Å². The van der Waals surface area contributed by atoms with Crippen LogP contribution >= 0.6 is 0 Å². The lowest BCUT2D eigenvalue weighted by atomic mass is 9.86. The van der Waals surface area contributed by atoms with E-state index in [0.717, 1.165) is 18.4 Å². The highest BCUT2D eigenvalue weighted by molar-refractivity contribution is 5.90. The van der Waals surface area contributed by atoms with Crippen LogP contribution in [-0.4, -0.2) is 54.3 Å². The highest BCUT2D eigenvalue weighted by Gasteiger charge is 2.40. The molecule has 1 aromatic rings. The number of ether oxygens (including phenoxy) is 1. The van der Waals surface area contributed by atoms with Crippen LogP contribution < -0.4 is 5.32 Å². The third kappa shape index (κ3) is 7.16. The molecule has 0 radical (unpaired) electrons. The monoisotopic (exact) mass is 444 g/mol. The summed E-state index contributed by atoms with van der Waals surface area (Å²) in [7, 11) is 1.59. The van der Waals surface area contributed by atoms with E-state index in [9.17, 15) is 14.4 Å². The summed E-state index contributed by atoms with van der Waals surface area (Å²) in [6.07, 6.45) is 2.59. The molecule has 0 bridgehead atoms. The lowest BCUT2D eigenvalue weighted by Crippen LogP contribution is -2.52. The van der Waals surface area contributed by atoms with Gasteiger partial charge in [0.05, 0.1) is 24.1 Å². The third-order valence-electron chi connectivity index (χ3n) is 6.17. The van der Waals surface area contributed by atoms with Crippen LogP contribution in [0.5, 0.6) is 0 Å². The standard InChI is InChI=1S/C26H40N2O4/c1-7-23(30)28-15-11-14-21(28)24(32-6)18(2)25(31)27-20(22(29)17-26(3,4)5)16-19-12-9-8-10-13-19/h8-10,12-13,18,20-21,24H,7,11,14-17H2,1-6H3,(H,27,31)/t18-,20+,21+,24-/m1/s1. The first kappa shape index (κ1) is 26.0. The topological polar surface area (TPSA) is 75.7 Å². The maximum Gasteiger partial charge on any atom is 0.226 e. The number of hydrogen-bond acceptors (Lipinski definition) is 4. The molecule has 1 heterocycles. The van der Waals surface area contributed by atoms with Gasteiger partial charge in [-0.3, -0.25) is 14.4 Å². The first-order valence-corrected chi connectivity index (χ1v) is 11.8. The Morgan fingerprint density at radius 2 is 1.84 bits per heavy atom. The van der Waals surface area contributed by atoms with E-state index in [0.29, 0.717) is 25.8 Å². The molecule has 2 rings (SSSR count). The van der Waals surface area contributed by atoms with E-state index in [-0.39, 0.29) is 29.1 Å². The van der Waals surface area contributed by atoms with E-state index in [4.69, 9.17) is 4.74 Å². The number of hydrogen-bond donors (Lipinski definition) is 1. The highest BCUT2D eigenvalue weighted by atomic mass is 16.5. The normalized spacial score (nSPS) is 19.3. The van der Waals surface area contributed by atoms with Gasteiger partial charge in [0.1, 0.15) is 0 Å². The summed E-state index contributed by atoms with van der Waals surface area (Å²) in [5, 5.41) is 3.01. The van der Waals surface area contributed by atoms with Crippen LogP contribution in [0.1, 0.15) is 65.9 Å². The average Bonchev–Trinajstić information content (AvgIpc) is 3.22. The third-order valence-corrected chi connectivity index (χ3v) is 6.17. The molecule has 6 nitrogen and oxygen atoms in total. The zero-order valence-electron chi connectivity index (χ0n) is 20.5. The Balaban J connectivity index is 2.17. The van der Waals surface area contributed by atoms with Crippen molar-refractivity contribution in [2.75, 3.05) is 13.7 Å². The van der Waals surface area contributed by atoms with Crippen molar-refractivity contribution in [3.05, 3.63) is 35.9 Å². The van der Waals surface area contributed by atoms with Crippen molar-refractivity contribution >= 4 is 17.6 Å². The zero-order chi connectivity index (χ0) is 23.9. The molecule has 2 amide bonds. The predicted molar refractivity (Wildman–Crippen MR) is 126 cm³/mol. The van der Waals surface area contributed by atoms with Crippen LogP contribution in [0.2, 0.25) is 0 Å². The Hall–Kier alpha value is -2.21. The Morgan fingerprint density at radius 1 is 1.19 bits per heavy atom. The Labute approximate surface area is 193 Å². The molecule has 1 aliphatic rings. The van der Waals surface area contributed by atoms with Gasteiger partial charge in [0.25, 0.3) is 0 Å². The fourth-order valence-electron chi connectivity index (χ4n) is 4.53. The molecular formula is C26H40N2O4. The van der Waals surface area contributed by atoms with E-state index >= 15 is 0 Å². The molecule has 0 spiro atoms. The van der Waals surface area contributed by atoms with Gasteiger partial charge in [0.15, 0.2) is 5.78 Å². The van der Waals surface area contributed by atoms with Crippen molar-refractivity contribution in [1.29, 1.82) is 0 Å². The van der Waals surface area contributed by atoms with E-state index in [1.54, 1.807) is 7.11 Å². The second-order valence-electron chi connectivity index (χ2n) is 10.1. The van der Waals surface area contributed by atoms with Gasteiger partial charge in [0, 0.05) is 26.5 Å². The maximum atomic E-state index is 13.3. The highest BCUT2D eigenvalue weighted by Crippen LogP contribution is 2.27. The van der Waals surface area contributed by atoms with Crippen LogP contribution in [0.15, 0.2) is 30.3 Å². The molecule has 1 saturated heterocycles. The molecule has 6 heteroatoms. The van der Waals surface area contributed by atoms with Crippen molar-refractivity contribution in [2.24, 2.45) is 11.3 Å². The second-order valence-corrected chi connectivity index (χ2v) is 10.1. The SMILES string of the molecule is CCC(=O)N1CCC[C@H]1[C@H](OC)[C@@H](C)C(=O)N[C@@H](Cc1ccccc1)C(=O)CC(C)(C)C. The summed E-state index contributed by atoms with van der Waals surface area (Å²) in [6.45, 7) is 10.4. The number of nitrogens with zero attached hydrogens (tertiary/aromatic N) is 1. The van der Waals surface area contributed by atoms with Gasteiger partial charge in [0.2, 0.25) is 11.8 Å². The molecule has 0 aromatic heterocycles. The summed E-state index contributed by atoms with van der Waals surface area (Å²) >= 11 is 0. The molecule has 4 atom stereocenters. The van der Waals surface area contributed by atoms with Crippen molar-refractivity contribution in [2.45, 2.75) is 84.9 Å². The second kappa shape index (κ2) is 11.6. The Bertz CT molecular complexity index is 772. The Morgan fingerprint density at radius 3 is 2.41 bits per heavy atom. The predicted octanol–water partition coefficient (Wildman–Crippen LogP) is 3.77. The van der Waals surface area contributed by atoms with Crippen LogP contribution in [0.25, 0.3) is 0 Å². The molecule has 0 aliphatic carbocycles. The minimum absolute atomic E-state index is 0.0273. The number of methoxy groups -OCH3 is 1. The smallest absolute Gasteiger partial charge is 0.226 e. The van der Waals surface area contributed by atoms with Crippen molar-refractivity contribution in [3.63, 3.8) is 0 Å². The molecule has 0 unspecified atom stereocenters. The first-order chi connectivity index (χ1) is 15.1. The van der Waals surface area contributed by atoms with E-state index in [1.165, 1.54) is 0 Å². The number of amides is 2. The zero-order valence-corrected chi connectivity index (χ0v) is 20.5. The quantitative estimate of drug-likeness (QED) is 0.596. The van der Waals surface area contributed by atoms with Crippen molar-refractivity contribution in [3.8, 4) is 0 Å². The molecule has 1 aromatic carbocycles. The van der Waals surface area contributed by atoms with Gasteiger partial charge in [-0.05, 0) is 30.2 Å². The minimum atomic E-state index is -0.596. The lowest BCUT2D eigenvalue weighted by molar-refractivity contribution is -0.140. The van der Waals surface area contributed by atoms with Crippen LogP contribution in [0.3, 0.4) is 0 Å². The van der Waals surface area contributed by atoms with Gasteiger partial charge in [-0.2, -0.15) is 0 Å². The molecule has 1 fully saturated rings. The van der Waals surface area contributed by atoms with Gasteiger partial charge in [-0.25, -0.2) is 0 Å². The number of benzene rings is 1. The van der Waals surface area contributed by atoms with E-state index < -0.39 is 18.1 Å². The number of nitrogens with one attached hydrogen (secondary N) is 1. The maximum absolute atomic E-state index is 13.3. The Kier molecular flexibility index (Phi) is 9.44. The molecule has 32 heavy (non-hydrogen) atoms. The van der Waals surface area contributed by atoms with Crippen LogP contribution in [0.4, 0.5) is 0 Å². The average molecular weight is 445 g/mol. The summed E-state index contributed by atoms with van der Waals surface area (Å²) in [5.74, 6) is -0.587. The number of ketones is 1. The van der Waals surface area contributed by atoms with Gasteiger partial charge in [-0.1, -0.05) is 65.0 Å². The number of rotatable bonds is 10. The molecule has 1 N–H and O–H groups in total.